The minimum absolute atomic E-state index is 0.301. The second kappa shape index (κ2) is 4.55. The molecule has 1 unspecified atom stereocenters. The molecule has 76 valence electrons. The number of H-pyrrole nitrogens is 1. The van der Waals surface area contributed by atoms with Crippen molar-refractivity contribution in [2.45, 2.75) is 12.5 Å². The summed E-state index contributed by atoms with van der Waals surface area (Å²) in [6.45, 7) is 0. The van der Waals surface area contributed by atoms with Crippen molar-refractivity contribution < 1.29 is 0 Å². The van der Waals surface area contributed by atoms with Crippen molar-refractivity contribution in [3.63, 3.8) is 0 Å². The van der Waals surface area contributed by atoms with E-state index >= 15 is 0 Å². The Kier molecular flexibility index (Phi) is 2.93. The van der Waals surface area contributed by atoms with E-state index in [1.807, 2.05) is 48.7 Å². The maximum Gasteiger partial charge on any atom is 0.122 e. The molecule has 0 aliphatic heterocycles. The highest BCUT2D eigenvalue weighted by Gasteiger charge is 2.12. The van der Waals surface area contributed by atoms with Crippen LogP contribution in [0.25, 0.3) is 0 Å². The molecule has 1 heterocycles. The zero-order valence-electron chi connectivity index (χ0n) is 8.26. The van der Waals surface area contributed by atoms with Crippen molar-refractivity contribution in [1.82, 2.24) is 4.98 Å². The topological polar surface area (TPSA) is 45.2 Å². The highest BCUT2D eigenvalue weighted by atomic mass is 16.3. The van der Waals surface area contributed by atoms with E-state index < -0.39 is 0 Å². The van der Waals surface area contributed by atoms with Gasteiger partial charge in [-0.2, -0.15) is 4.91 Å². The molecule has 2 rings (SSSR count). The van der Waals surface area contributed by atoms with Crippen LogP contribution in [0.2, 0.25) is 0 Å². The highest BCUT2D eigenvalue weighted by molar-refractivity contribution is 5.21. The number of nitrogens with one attached hydrogen (secondary N) is 1. The lowest BCUT2D eigenvalue weighted by Gasteiger charge is -2.07. The van der Waals surface area contributed by atoms with Crippen molar-refractivity contribution in [2.75, 3.05) is 0 Å². The Balaban J connectivity index is 2.15. The Bertz CT molecular complexity index is 408. The molecule has 0 aliphatic carbocycles. The van der Waals surface area contributed by atoms with Crippen LogP contribution >= 0.6 is 0 Å². The monoisotopic (exact) mass is 200 g/mol. The molecule has 0 amide bonds. The number of aromatic nitrogens is 1. The third-order valence-corrected chi connectivity index (χ3v) is 2.39. The summed E-state index contributed by atoms with van der Waals surface area (Å²) in [4.78, 5) is 13.8. The molecule has 0 fully saturated rings. The zero-order valence-corrected chi connectivity index (χ0v) is 8.26. The smallest absolute Gasteiger partial charge is 0.122 e. The van der Waals surface area contributed by atoms with Crippen LogP contribution in [-0.4, -0.2) is 4.98 Å². The van der Waals surface area contributed by atoms with Gasteiger partial charge in [0.05, 0.1) is 0 Å². The third kappa shape index (κ3) is 2.31. The second-order valence-corrected chi connectivity index (χ2v) is 3.43. The van der Waals surface area contributed by atoms with Gasteiger partial charge in [0.1, 0.15) is 6.04 Å². The minimum atomic E-state index is -0.301. The lowest BCUT2D eigenvalue weighted by Crippen LogP contribution is -1.99. The Morgan fingerprint density at radius 2 is 1.93 bits per heavy atom. The Labute approximate surface area is 88.1 Å². The predicted octanol–water partition coefficient (Wildman–Crippen LogP) is 3.06. The lowest BCUT2D eigenvalue weighted by atomic mass is 10.0. The molecule has 3 nitrogen and oxygen atoms in total. The summed E-state index contributed by atoms with van der Waals surface area (Å²) in [5.74, 6) is 0. The number of nitroso groups, excluding NO2 is 1. The van der Waals surface area contributed by atoms with Crippen molar-refractivity contribution in [1.29, 1.82) is 0 Å². The summed E-state index contributed by atoms with van der Waals surface area (Å²) in [6, 6.07) is 13.2. The maximum atomic E-state index is 10.8. The lowest BCUT2D eigenvalue weighted by molar-refractivity contribution is 0.706. The van der Waals surface area contributed by atoms with Crippen LogP contribution in [0.1, 0.15) is 17.3 Å². The minimum Gasteiger partial charge on any atom is -0.365 e. The molecule has 1 aromatic heterocycles. The van der Waals surface area contributed by atoms with Gasteiger partial charge in [-0.3, -0.25) is 0 Å². The number of hydrogen-bond acceptors (Lipinski definition) is 2. The Hall–Kier alpha value is -1.90. The molecule has 0 saturated heterocycles. The fourth-order valence-corrected chi connectivity index (χ4v) is 1.59. The Morgan fingerprint density at radius 1 is 1.13 bits per heavy atom. The average Bonchev–Trinajstić information content (AvgIpc) is 2.80. The quantitative estimate of drug-likeness (QED) is 0.757. The molecule has 1 N–H and O–H groups in total. The van der Waals surface area contributed by atoms with Crippen LogP contribution in [0.15, 0.2) is 53.8 Å². The van der Waals surface area contributed by atoms with Gasteiger partial charge in [-0.1, -0.05) is 35.5 Å². The summed E-state index contributed by atoms with van der Waals surface area (Å²) < 4.78 is 0. The van der Waals surface area contributed by atoms with Crippen molar-refractivity contribution in [2.24, 2.45) is 5.18 Å². The SMILES string of the molecule is O=NC(Cc1ccc[nH]1)c1ccccc1. The number of hydrogen-bond donors (Lipinski definition) is 1. The average molecular weight is 200 g/mol. The molecule has 15 heavy (non-hydrogen) atoms. The van der Waals surface area contributed by atoms with Crippen LogP contribution < -0.4 is 0 Å². The molecule has 0 spiro atoms. The molecule has 0 saturated carbocycles. The first-order valence-electron chi connectivity index (χ1n) is 4.90. The van der Waals surface area contributed by atoms with E-state index in [0.717, 1.165) is 11.3 Å². The van der Waals surface area contributed by atoms with Gasteiger partial charge >= 0.3 is 0 Å². The number of rotatable bonds is 4. The normalized spacial score (nSPS) is 12.3. The van der Waals surface area contributed by atoms with Gasteiger partial charge in [0.25, 0.3) is 0 Å². The van der Waals surface area contributed by atoms with E-state index in [1.54, 1.807) is 0 Å². The van der Waals surface area contributed by atoms with Crippen molar-refractivity contribution in [3.05, 3.63) is 64.8 Å². The van der Waals surface area contributed by atoms with Gasteiger partial charge in [-0.05, 0) is 17.7 Å². The summed E-state index contributed by atoms with van der Waals surface area (Å²) in [5, 5.41) is 3.16. The number of benzene rings is 1. The highest BCUT2D eigenvalue weighted by Crippen LogP contribution is 2.20. The fraction of sp³-hybridized carbons (Fsp3) is 0.167. The van der Waals surface area contributed by atoms with Crippen LogP contribution in [-0.2, 0) is 6.42 Å². The van der Waals surface area contributed by atoms with E-state index in [4.69, 9.17) is 0 Å². The fourth-order valence-electron chi connectivity index (χ4n) is 1.59. The first-order valence-corrected chi connectivity index (χ1v) is 4.90. The molecule has 3 heteroatoms. The van der Waals surface area contributed by atoms with Crippen LogP contribution in [0, 0.1) is 4.91 Å². The summed E-state index contributed by atoms with van der Waals surface area (Å²) in [5.41, 5.74) is 1.99. The van der Waals surface area contributed by atoms with E-state index in [0.29, 0.717) is 6.42 Å². The number of aromatic amines is 1. The third-order valence-electron chi connectivity index (χ3n) is 2.39. The standard InChI is InChI=1S/C12H12N2O/c15-14-12(9-11-7-4-8-13-11)10-5-2-1-3-6-10/h1-8,12-13H,9H2. The summed E-state index contributed by atoms with van der Waals surface area (Å²) in [6.07, 6.45) is 2.47. The van der Waals surface area contributed by atoms with Crippen LogP contribution in [0.5, 0.6) is 0 Å². The molecular formula is C12H12N2O. The molecular weight excluding hydrogens is 188 g/mol. The molecule has 0 aliphatic rings. The van der Waals surface area contributed by atoms with Gasteiger partial charge < -0.3 is 4.98 Å². The van der Waals surface area contributed by atoms with E-state index in [9.17, 15) is 4.91 Å². The van der Waals surface area contributed by atoms with E-state index in [-0.39, 0.29) is 6.04 Å². The van der Waals surface area contributed by atoms with Crippen LogP contribution in [0.4, 0.5) is 0 Å². The molecule has 0 radical (unpaired) electrons. The molecule has 1 aromatic carbocycles. The van der Waals surface area contributed by atoms with Gasteiger partial charge in [-0.25, -0.2) is 0 Å². The molecule has 2 aromatic rings. The van der Waals surface area contributed by atoms with E-state index in [2.05, 4.69) is 10.2 Å². The van der Waals surface area contributed by atoms with Gasteiger partial charge in [0.15, 0.2) is 0 Å². The maximum absolute atomic E-state index is 10.8. The van der Waals surface area contributed by atoms with Crippen LogP contribution in [0.3, 0.4) is 0 Å². The van der Waals surface area contributed by atoms with Gasteiger partial charge in [-0.15, -0.1) is 0 Å². The largest absolute Gasteiger partial charge is 0.365 e. The second-order valence-electron chi connectivity index (χ2n) is 3.43. The number of nitrogens with zero attached hydrogens (tertiary/aromatic N) is 1. The Morgan fingerprint density at radius 3 is 2.53 bits per heavy atom. The summed E-state index contributed by atoms with van der Waals surface area (Å²) >= 11 is 0. The van der Waals surface area contributed by atoms with Gasteiger partial charge in [0, 0.05) is 18.3 Å². The predicted molar refractivity (Wildman–Crippen MR) is 59.5 cm³/mol. The first kappa shape index (κ1) is 9.65. The summed E-state index contributed by atoms with van der Waals surface area (Å²) in [7, 11) is 0. The molecule has 0 bridgehead atoms. The first-order chi connectivity index (χ1) is 7.40. The van der Waals surface area contributed by atoms with E-state index in [1.165, 1.54) is 0 Å². The zero-order chi connectivity index (χ0) is 10.5. The van der Waals surface area contributed by atoms with Crippen molar-refractivity contribution in [3.8, 4) is 0 Å². The van der Waals surface area contributed by atoms with Crippen molar-refractivity contribution >= 4 is 0 Å². The van der Waals surface area contributed by atoms with Gasteiger partial charge in [0.2, 0.25) is 0 Å². The molecule has 1 atom stereocenters.